The number of imidazole rings is 1. The number of nitrogens with one attached hydrogen (secondary N) is 6. The van der Waals surface area contributed by atoms with E-state index in [1.165, 1.54) is 38.2 Å². The van der Waals surface area contributed by atoms with Gasteiger partial charge in [-0.15, -0.1) is 0 Å². The molecule has 8 atom stereocenters. The maximum Gasteiger partial charge on any atom is 0.322 e. The summed E-state index contributed by atoms with van der Waals surface area (Å²) < 4.78 is 22.3. The minimum Gasteiger partial charge on any atom is -0.468 e. The van der Waals surface area contributed by atoms with Crippen LogP contribution in [0.4, 0.5) is 0 Å². The molecule has 1 aliphatic heterocycles. The highest BCUT2D eigenvalue weighted by Crippen LogP contribution is 2.23. The van der Waals surface area contributed by atoms with Gasteiger partial charge in [-0.05, 0) is 46.0 Å². The topological polar surface area (TPSA) is 267 Å². The molecule has 1 unspecified atom stereocenters. The van der Waals surface area contributed by atoms with Crippen LogP contribution in [0.25, 0.3) is 0 Å². The van der Waals surface area contributed by atoms with Crippen LogP contribution in [0, 0.1) is 5.92 Å². The Bertz CT molecular complexity index is 1410. The van der Waals surface area contributed by atoms with Crippen LogP contribution in [0.15, 0.2) is 12.5 Å². The first kappa shape index (κ1) is 43.0. The van der Waals surface area contributed by atoms with Gasteiger partial charge in [0, 0.05) is 26.1 Å². The molecule has 1 saturated heterocycles. The molecule has 0 saturated carbocycles. The Kier molecular flexibility index (Phi) is 17.4. The third kappa shape index (κ3) is 13.5. The van der Waals surface area contributed by atoms with E-state index in [4.69, 9.17) is 4.52 Å². The first-order valence-corrected chi connectivity index (χ1v) is 17.9. The molecule has 5 amide bonds. The molecule has 51 heavy (non-hydrogen) atoms. The fourth-order valence-corrected chi connectivity index (χ4v) is 6.45. The van der Waals surface area contributed by atoms with Crippen LogP contribution in [-0.4, -0.2) is 124 Å². The molecular weight excluding hydrogens is 691 g/mol. The lowest BCUT2D eigenvalue weighted by molar-refractivity contribution is -0.142. The average molecular weight is 743 g/mol. The zero-order chi connectivity index (χ0) is 38.4. The molecule has 0 radical (unpaired) electrons. The van der Waals surface area contributed by atoms with Gasteiger partial charge in [-0.25, -0.2) is 10.1 Å². The second-order valence-corrected chi connectivity index (χ2v) is 13.8. The summed E-state index contributed by atoms with van der Waals surface area (Å²) in [6, 6.07) is -7.10. The maximum atomic E-state index is 13.6. The molecule has 2 heterocycles. The molecule has 0 bridgehead atoms. The Morgan fingerprint density at radius 1 is 0.980 bits per heavy atom. The number of esters is 1. The summed E-state index contributed by atoms with van der Waals surface area (Å²) in [4.78, 5) is 98.0. The number of aromatic amines is 1. The summed E-state index contributed by atoms with van der Waals surface area (Å²) >= 11 is 0. The van der Waals surface area contributed by atoms with Gasteiger partial charge in [-0.3, -0.25) is 38.1 Å². The van der Waals surface area contributed by atoms with E-state index in [0.29, 0.717) is 25.1 Å². The van der Waals surface area contributed by atoms with E-state index < -0.39 is 92.5 Å². The number of carbonyl (C=O) groups is 7. The van der Waals surface area contributed by atoms with Gasteiger partial charge in [0.1, 0.15) is 36.3 Å². The van der Waals surface area contributed by atoms with Crippen molar-refractivity contribution in [3.8, 4) is 0 Å². The van der Waals surface area contributed by atoms with Crippen molar-refractivity contribution in [2.75, 3.05) is 20.3 Å². The molecule has 19 nitrogen and oxygen atoms in total. The van der Waals surface area contributed by atoms with E-state index >= 15 is 0 Å². The van der Waals surface area contributed by atoms with E-state index in [1.807, 2.05) is 13.8 Å². The number of ether oxygens (including phenoxy) is 1. The number of aliphatic hydroxyl groups excluding tert-OH is 1. The van der Waals surface area contributed by atoms with Crippen molar-refractivity contribution in [1.82, 2.24) is 41.2 Å². The molecule has 0 aliphatic carbocycles. The number of hydrogen-bond acceptors (Lipinski definition) is 12. The molecular formula is C31H51N8O11P. The summed E-state index contributed by atoms with van der Waals surface area (Å²) in [5, 5.41) is 22.6. The van der Waals surface area contributed by atoms with Gasteiger partial charge < -0.3 is 45.5 Å². The van der Waals surface area contributed by atoms with E-state index in [-0.39, 0.29) is 24.7 Å². The highest BCUT2D eigenvalue weighted by Gasteiger charge is 2.36. The van der Waals surface area contributed by atoms with Gasteiger partial charge in [0.05, 0.1) is 31.8 Å². The van der Waals surface area contributed by atoms with Crippen molar-refractivity contribution in [3.05, 3.63) is 18.2 Å². The smallest absolute Gasteiger partial charge is 0.322 e. The minimum atomic E-state index is -3.10. The maximum absolute atomic E-state index is 13.6. The van der Waals surface area contributed by atoms with Crippen LogP contribution in [-0.2, 0) is 53.8 Å². The summed E-state index contributed by atoms with van der Waals surface area (Å²) in [5.74, 6) is -4.67. The van der Waals surface area contributed by atoms with Crippen LogP contribution >= 0.6 is 8.18 Å². The fourth-order valence-electron chi connectivity index (χ4n) is 5.43. The Labute approximate surface area is 297 Å². The number of Topliss-reactive ketones (excluding diaryl/α,β-unsaturated/α-hetero) is 1. The second-order valence-electron chi connectivity index (χ2n) is 12.7. The predicted octanol–water partition coefficient (Wildman–Crippen LogP) is -1.52. The number of ketones is 1. The Balaban J connectivity index is 2.19. The largest absolute Gasteiger partial charge is 0.468 e. The van der Waals surface area contributed by atoms with Crippen molar-refractivity contribution in [2.45, 2.75) is 110 Å². The predicted molar refractivity (Wildman–Crippen MR) is 182 cm³/mol. The van der Waals surface area contributed by atoms with Gasteiger partial charge >= 0.3 is 5.97 Å². The molecule has 0 aromatic carbocycles. The van der Waals surface area contributed by atoms with Crippen molar-refractivity contribution in [3.63, 3.8) is 0 Å². The Hall–Kier alpha value is -4.19. The lowest BCUT2D eigenvalue weighted by Gasteiger charge is -2.28. The van der Waals surface area contributed by atoms with Crippen LogP contribution in [0.3, 0.4) is 0 Å². The van der Waals surface area contributed by atoms with Gasteiger partial charge in [-0.2, -0.15) is 0 Å². The number of amides is 5. The van der Waals surface area contributed by atoms with E-state index in [9.17, 15) is 43.2 Å². The number of hydrogen-bond donors (Lipinski definition) is 7. The van der Waals surface area contributed by atoms with E-state index in [1.54, 1.807) is 0 Å². The standard InChI is InChI=1S/C31H51N8O11P/c1-16(2)11-22(35-30(46)25-9-8-10-39(25)20(6)42)27(43)34-23(12-21-13-32-15-33-21)28(44)36-24(14-40)29(45)37-26(18(4)41)19(5)50-51(48)38-17(3)31(47)49-7/h13,15-17,19,22-26,40,51H,8-12,14H2,1-7H3,(H,32,33)(H,34,43)(H,35,46)(H,36,44)(H,37,45)(H,38,48)/t17-,19+,22-,23-,24-,25-,26+/m0/s1. The number of H-pyrrole nitrogens is 1. The van der Waals surface area contributed by atoms with Gasteiger partial charge in [0.25, 0.3) is 8.18 Å². The van der Waals surface area contributed by atoms with Crippen molar-refractivity contribution in [2.24, 2.45) is 5.92 Å². The van der Waals surface area contributed by atoms with E-state index in [2.05, 4.69) is 41.1 Å². The molecule has 20 heteroatoms. The lowest BCUT2D eigenvalue weighted by atomic mass is 10.0. The highest BCUT2D eigenvalue weighted by atomic mass is 31.1. The SMILES string of the molecule is COC(=O)[C@H](C)N[PH](=O)O[C@H](C)[C@H](NC(=O)[C@H](CO)NC(=O)[C@H](Cc1c[nH]cn1)NC(=O)[C@H](CC(C)C)NC(=O)[C@@H]1CCCN1C(C)=O)C(C)=O. The highest BCUT2D eigenvalue weighted by molar-refractivity contribution is 7.36. The Morgan fingerprint density at radius 3 is 2.16 bits per heavy atom. The number of methoxy groups -OCH3 is 1. The molecule has 1 fully saturated rings. The number of aromatic nitrogens is 2. The lowest BCUT2D eigenvalue weighted by Crippen LogP contribution is -2.60. The summed E-state index contributed by atoms with van der Waals surface area (Å²) in [6.45, 7) is 8.48. The van der Waals surface area contributed by atoms with Crippen LogP contribution in [0.5, 0.6) is 0 Å². The zero-order valence-corrected chi connectivity index (χ0v) is 30.9. The summed E-state index contributed by atoms with van der Waals surface area (Å²) in [7, 11) is -1.95. The first-order chi connectivity index (χ1) is 24.0. The zero-order valence-electron chi connectivity index (χ0n) is 29.9. The number of rotatable bonds is 20. The minimum absolute atomic E-state index is 0.0545. The summed E-state index contributed by atoms with van der Waals surface area (Å²) in [5.41, 5.74) is 0.376. The average Bonchev–Trinajstić information content (AvgIpc) is 3.77. The van der Waals surface area contributed by atoms with Crippen molar-refractivity contribution >= 4 is 49.5 Å². The number of likely N-dealkylation sites (tertiary alicyclic amines) is 1. The molecule has 0 spiro atoms. The van der Waals surface area contributed by atoms with Gasteiger partial charge in [0.2, 0.25) is 29.5 Å². The first-order valence-electron chi connectivity index (χ1n) is 16.6. The van der Waals surface area contributed by atoms with Crippen molar-refractivity contribution in [1.29, 1.82) is 0 Å². The monoisotopic (exact) mass is 742 g/mol. The second kappa shape index (κ2) is 20.6. The third-order valence-corrected chi connectivity index (χ3v) is 9.36. The van der Waals surface area contributed by atoms with Crippen LogP contribution < -0.4 is 26.4 Å². The molecule has 2 rings (SSSR count). The molecule has 286 valence electrons. The third-order valence-electron chi connectivity index (χ3n) is 8.10. The summed E-state index contributed by atoms with van der Waals surface area (Å²) in [6.07, 6.45) is 2.84. The number of nitrogens with zero attached hydrogens (tertiary/aromatic N) is 2. The molecule has 1 aliphatic rings. The van der Waals surface area contributed by atoms with Crippen LogP contribution in [0.1, 0.15) is 66.5 Å². The van der Waals surface area contributed by atoms with Gasteiger partial charge in [0.15, 0.2) is 5.78 Å². The number of aliphatic hydroxyl groups is 1. The normalized spacial score (nSPS) is 18.4. The van der Waals surface area contributed by atoms with Crippen LogP contribution in [0.2, 0.25) is 0 Å². The molecule has 1 aromatic heterocycles. The Morgan fingerprint density at radius 2 is 1.61 bits per heavy atom. The molecule has 1 aromatic rings. The fraction of sp³-hybridized carbons (Fsp3) is 0.677. The number of carbonyl (C=O) groups excluding carboxylic acids is 7. The quantitative estimate of drug-likeness (QED) is 0.0592. The van der Waals surface area contributed by atoms with Gasteiger partial charge in [-0.1, -0.05) is 13.8 Å². The van der Waals surface area contributed by atoms with E-state index in [0.717, 1.165) is 14.0 Å². The van der Waals surface area contributed by atoms with Crippen molar-refractivity contribution < 1.29 is 52.5 Å². The molecule has 7 N–H and O–H groups in total.